The van der Waals surface area contributed by atoms with Gasteiger partial charge in [0.15, 0.2) is 17.8 Å². The Hall–Kier alpha value is -3.67. The monoisotopic (exact) mass is 761 g/mol. The van der Waals surface area contributed by atoms with Gasteiger partial charge in [0.05, 0.1) is 49.5 Å². The lowest BCUT2D eigenvalue weighted by Gasteiger charge is -2.40. The highest BCUT2D eigenvalue weighted by atomic mass is 32.2. The third kappa shape index (κ3) is 9.72. The van der Waals surface area contributed by atoms with E-state index in [0.717, 1.165) is 5.56 Å². The molecule has 0 spiro atoms. The largest absolute Gasteiger partial charge is 0.465 e. The van der Waals surface area contributed by atoms with Gasteiger partial charge < -0.3 is 44.0 Å². The number of fused-ring (bicyclic) bond motifs is 2. The second-order valence-electron chi connectivity index (χ2n) is 14.9. The van der Waals surface area contributed by atoms with Crippen LogP contribution < -0.4 is 14.8 Å². The van der Waals surface area contributed by atoms with Crippen molar-refractivity contribution in [2.24, 2.45) is 11.3 Å². The van der Waals surface area contributed by atoms with E-state index in [1.165, 1.54) is 27.4 Å². The van der Waals surface area contributed by atoms with Crippen LogP contribution in [0.5, 0.6) is 11.5 Å². The molecule has 2 aromatic carbocycles. The number of nitrogens with one attached hydrogen (secondary N) is 1. The third-order valence-corrected chi connectivity index (χ3v) is 12.2. The van der Waals surface area contributed by atoms with Crippen molar-refractivity contribution in [3.63, 3.8) is 0 Å². The van der Waals surface area contributed by atoms with Crippen LogP contribution in [0, 0.1) is 11.3 Å². The van der Waals surface area contributed by atoms with E-state index >= 15 is 0 Å². The zero-order valence-electron chi connectivity index (χ0n) is 30.3. The molecule has 0 bridgehead atoms. The van der Waals surface area contributed by atoms with Gasteiger partial charge in [-0.3, -0.25) is 4.90 Å². The van der Waals surface area contributed by atoms with Gasteiger partial charge in [0.1, 0.15) is 6.10 Å². The number of nitrogens with zero attached hydrogens (tertiary/aromatic N) is 2. The summed E-state index contributed by atoms with van der Waals surface area (Å²) in [6, 6.07) is 12.0. The molecule has 6 rings (SSSR count). The average Bonchev–Trinajstić information content (AvgIpc) is 3.95. The van der Waals surface area contributed by atoms with Crippen LogP contribution in [0.4, 0.5) is 9.59 Å². The molecule has 0 saturated carbocycles. The Morgan fingerprint density at radius 3 is 2.57 bits per heavy atom. The summed E-state index contributed by atoms with van der Waals surface area (Å²) >= 11 is 0. The molecule has 4 aliphatic rings. The molecule has 4 heterocycles. The highest BCUT2D eigenvalue weighted by Crippen LogP contribution is 2.38. The first kappa shape index (κ1) is 39.0. The number of benzene rings is 2. The number of amides is 2. The van der Waals surface area contributed by atoms with Crippen LogP contribution in [-0.2, 0) is 35.4 Å². The van der Waals surface area contributed by atoms with Crippen molar-refractivity contribution in [2.75, 3.05) is 52.9 Å². The van der Waals surface area contributed by atoms with E-state index in [1.54, 1.807) is 0 Å². The molecule has 0 aromatic heterocycles. The summed E-state index contributed by atoms with van der Waals surface area (Å²) in [5.74, 6) is 0.515. The lowest BCUT2D eigenvalue weighted by Crippen LogP contribution is -2.58. The predicted octanol–water partition coefficient (Wildman–Crippen LogP) is 3.83. The number of carbonyl (C=O) groups excluding carboxylic acids is 1. The average molecular weight is 762 g/mol. The van der Waals surface area contributed by atoms with Gasteiger partial charge in [0, 0.05) is 38.0 Å². The number of unbranched alkanes of at least 4 members (excludes halogenated alkanes) is 1. The van der Waals surface area contributed by atoms with E-state index in [0.29, 0.717) is 70.0 Å². The molecule has 3 N–H and O–H groups in total. The minimum Gasteiger partial charge on any atom is -0.465 e. The Morgan fingerprint density at radius 1 is 1.02 bits per heavy atom. The summed E-state index contributed by atoms with van der Waals surface area (Å²) in [6.45, 7) is 5.42. The van der Waals surface area contributed by atoms with Crippen molar-refractivity contribution in [1.29, 1.82) is 0 Å². The van der Waals surface area contributed by atoms with Crippen molar-refractivity contribution in [3.8, 4) is 11.5 Å². The van der Waals surface area contributed by atoms with E-state index in [2.05, 4.69) is 5.32 Å². The van der Waals surface area contributed by atoms with Gasteiger partial charge >= 0.3 is 12.2 Å². The number of aliphatic hydroxyl groups excluding tert-OH is 1. The Balaban J connectivity index is 1.21. The minimum absolute atomic E-state index is 0.0220. The molecule has 6 atom stereocenters. The van der Waals surface area contributed by atoms with Gasteiger partial charge in [0.2, 0.25) is 16.8 Å². The second kappa shape index (κ2) is 17.2. The number of sulfonamides is 1. The molecule has 292 valence electrons. The molecular weight excluding hydrogens is 710 g/mol. The SMILES string of the molecule is CC(C)(CCCCNC(=O)O[C@@H]1CCOC1)CN(C[C@@H](O)[C@H](Cc1ccccc1)N(C(=O)O)[C@H]1CO[C@H]2OCC[C@H]21)S(=O)(=O)c1ccc2c(c1)OCO2. The van der Waals surface area contributed by atoms with Gasteiger partial charge in [-0.05, 0) is 48.8 Å². The van der Waals surface area contributed by atoms with Crippen molar-refractivity contribution in [1.82, 2.24) is 14.5 Å². The second-order valence-corrected chi connectivity index (χ2v) is 16.8. The molecule has 0 aliphatic carbocycles. The molecule has 3 saturated heterocycles. The van der Waals surface area contributed by atoms with Crippen molar-refractivity contribution in [3.05, 3.63) is 54.1 Å². The van der Waals surface area contributed by atoms with E-state index in [4.69, 9.17) is 28.4 Å². The maximum absolute atomic E-state index is 14.5. The maximum atomic E-state index is 14.5. The number of hydrogen-bond acceptors (Lipinski definition) is 11. The number of alkyl carbamates (subject to hydrolysis) is 1. The zero-order valence-corrected chi connectivity index (χ0v) is 31.1. The van der Waals surface area contributed by atoms with Crippen molar-refractivity contribution < 1.29 is 56.6 Å². The summed E-state index contributed by atoms with van der Waals surface area (Å²) in [7, 11) is -4.25. The molecule has 4 aliphatic heterocycles. The predicted molar refractivity (Wildman–Crippen MR) is 190 cm³/mol. The molecule has 53 heavy (non-hydrogen) atoms. The molecule has 0 radical (unpaired) electrons. The van der Waals surface area contributed by atoms with Crippen LogP contribution in [-0.4, -0.2) is 123 Å². The first-order valence-electron chi connectivity index (χ1n) is 18.3. The van der Waals surface area contributed by atoms with Gasteiger partial charge in [-0.1, -0.05) is 50.6 Å². The van der Waals surface area contributed by atoms with E-state index in [1.807, 2.05) is 44.2 Å². The van der Waals surface area contributed by atoms with Crippen LogP contribution in [0.15, 0.2) is 53.4 Å². The molecule has 16 heteroatoms. The summed E-state index contributed by atoms with van der Waals surface area (Å²) < 4.78 is 63.3. The van der Waals surface area contributed by atoms with Crippen LogP contribution in [0.1, 0.15) is 51.5 Å². The molecule has 3 fully saturated rings. The number of hydrogen-bond donors (Lipinski definition) is 3. The summed E-state index contributed by atoms with van der Waals surface area (Å²) in [6.07, 6.45) is -0.565. The van der Waals surface area contributed by atoms with Gasteiger partial charge in [-0.2, -0.15) is 4.31 Å². The van der Waals surface area contributed by atoms with E-state index < -0.39 is 52.1 Å². The highest BCUT2D eigenvalue weighted by molar-refractivity contribution is 7.89. The summed E-state index contributed by atoms with van der Waals surface area (Å²) in [5, 5.41) is 25.6. The number of ether oxygens (including phenoxy) is 6. The quantitative estimate of drug-likeness (QED) is 0.199. The Labute approximate surface area is 310 Å². The van der Waals surface area contributed by atoms with E-state index in [-0.39, 0.29) is 49.8 Å². The first-order valence-corrected chi connectivity index (χ1v) is 19.7. The first-order chi connectivity index (χ1) is 25.4. The van der Waals surface area contributed by atoms with Crippen molar-refractivity contribution in [2.45, 2.75) is 87.8 Å². The number of rotatable bonds is 17. The topological polar surface area (TPSA) is 183 Å². The Morgan fingerprint density at radius 2 is 1.81 bits per heavy atom. The Kier molecular flexibility index (Phi) is 12.7. The molecule has 0 unspecified atom stereocenters. The lowest BCUT2D eigenvalue weighted by molar-refractivity contribution is -0.0906. The zero-order chi connectivity index (χ0) is 37.6. The Bertz CT molecular complexity index is 1660. The summed E-state index contributed by atoms with van der Waals surface area (Å²) in [4.78, 5) is 26.5. The minimum atomic E-state index is -4.25. The van der Waals surface area contributed by atoms with Gasteiger partial charge in [0.25, 0.3) is 0 Å². The van der Waals surface area contributed by atoms with E-state index in [9.17, 15) is 28.2 Å². The fourth-order valence-corrected chi connectivity index (χ4v) is 9.24. The lowest BCUT2D eigenvalue weighted by atomic mass is 9.87. The van der Waals surface area contributed by atoms with Gasteiger partial charge in [-0.15, -0.1) is 0 Å². The molecule has 2 aromatic rings. The molecule has 15 nitrogen and oxygen atoms in total. The number of carboxylic acid groups (broad SMARTS) is 1. The fourth-order valence-electron chi connectivity index (χ4n) is 7.57. The molecule has 2 amide bonds. The van der Waals surface area contributed by atoms with Crippen LogP contribution in [0.25, 0.3) is 0 Å². The number of aliphatic hydroxyl groups is 1. The maximum Gasteiger partial charge on any atom is 0.407 e. The van der Waals surface area contributed by atoms with Crippen LogP contribution in [0.3, 0.4) is 0 Å². The highest BCUT2D eigenvalue weighted by Gasteiger charge is 2.49. The smallest absolute Gasteiger partial charge is 0.407 e. The fraction of sp³-hybridized carbons (Fsp3) is 0.622. The normalized spacial score (nSPS) is 23.5. The van der Waals surface area contributed by atoms with Gasteiger partial charge in [-0.25, -0.2) is 18.0 Å². The van der Waals surface area contributed by atoms with Crippen LogP contribution in [0.2, 0.25) is 0 Å². The standard InChI is InChI=1S/C37H51N3O12S/c1-37(2,14-6-7-15-38-35(42)52-26-12-16-47-21-26)23-39(53(45,46)27-10-11-32-33(19-27)51-24-50-32)20-31(41)29(18-25-8-4-3-5-9-25)40(36(43)44)30-22-49-34-28(30)13-17-48-34/h3-5,8-11,19,26,28-31,34,41H,6-7,12-18,20-24H2,1-2H3,(H,38,42)(H,43,44)/t26-,28+,29+,30+,31-,34-/m1/s1. The number of carbonyl (C=O) groups is 2. The van der Waals surface area contributed by atoms with Crippen LogP contribution >= 0.6 is 0 Å². The van der Waals surface area contributed by atoms with Crippen molar-refractivity contribution >= 4 is 22.2 Å². The molecular formula is C37H51N3O12S. The third-order valence-electron chi connectivity index (χ3n) is 10.4. The summed E-state index contributed by atoms with van der Waals surface area (Å²) in [5.41, 5.74) is 0.209.